The van der Waals surface area contributed by atoms with E-state index in [4.69, 9.17) is 0 Å². The van der Waals surface area contributed by atoms with Crippen LogP contribution in [0, 0.1) is 5.92 Å². The van der Waals surface area contributed by atoms with Crippen LogP contribution in [0.5, 0.6) is 0 Å². The predicted molar refractivity (Wildman–Crippen MR) is 91.7 cm³/mol. The van der Waals surface area contributed by atoms with E-state index < -0.39 is 0 Å². The van der Waals surface area contributed by atoms with Gasteiger partial charge in [-0.25, -0.2) is 0 Å². The number of likely N-dealkylation sites (N-methyl/N-ethyl adjacent to an activating group) is 1. The van der Waals surface area contributed by atoms with Gasteiger partial charge in [0.05, 0.1) is 6.54 Å². The van der Waals surface area contributed by atoms with Gasteiger partial charge in [-0.15, -0.1) is 0 Å². The van der Waals surface area contributed by atoms with Crippen molar-refractivity contribution in [3.8, 4) is 0 Å². The third kappa shape index (κ3) is 4.43. The molecule has 0 radical (unpaired) electrons. The van der Waals surface area contributed by atoms with Crippen LogP contribution in [-0.4, -0.2) is 24.4 Å². The minimum Gasteiger partial charge on any atom is -0.325 e. The molecule has 22 heavy (non-hydrogen) atoms. The van der Waals surface area contributed by atoms with E-state index in [0.29, 0.717) is 12.5 Å². The Kier molecular flexibility index (Phi) is 5.73. The van der Waals surface area contributed by atoms with Crippen LogP contribution in [-0.2, 0) is 4.79 Å². The van der Waals surface area contributed by atoms with Gasteiger partial charge in [-0.1, -0.05) is 62.4 Å². The quantitative estimate of drug-likeness (QED) is 0.875. The van der Waals surface area contributed by atoms with Crippen LogP contribution >= 0.6 is 0 Å². The average Bonchev–Trinajstić information content (AvgIpc) is 2.48. The first-order valence-electron chi connectivity index (χ1n) is 7.68. The lowest BCUT2D eigenvalue weighted by molar-refractivity contribution is -0.117. The van der Waals surface area contributed by atoms with Crippen LogP contribution in [0.25, 0.3) is 0 Å². The van der Waals surface area contributed by atoms with Gasteiger partial charge in [-0.3, -0.25) is 9.69 Å². The van der Waals surface area contributed by atoms with E-state index >= 15 is 0 Å². The van der Waals surface area contributed by atoms with Crippen LogP contribution in [0.2, 0.25) is 0 Å². The molecule has 1 amide bonds. The number of hydrogen-bond donors (Lipinski definition) is 1. The maximum Gasteiger partial charge on any atom is 0.238 e. The molecule has 0 bridgehead atoms. The summed E-state index contributed by atoms with van der Waals surface area (Å²) in [5, 5.41) is 2.94. The van der Waals surface area contributed by atoms with E-state index in [1.165, 1.54) is 5.56 Å². The Hall–Kier alpha value is -2.13. The number of anilines is 1. The van der Waals surface area contributed by atoms with Gasteiger partial charge in [0, 0.05) is 11.7 Å². The van der Waals surface area contributed by atoms with Gasteiger partial charge in [-0.05, 0) is 30.7 Å². The molecule has 0 unspecified atom stereocenters. The van der Waals surface area contributed by atoms with Crippen molar-refractivity contribution in [1.29, 1.82) is 0 Å². The molecular weight excluding hydrogens is 272 g/mol. The summed E-state index contributed by atoms with van der Waals surface area (Å²) in [5.41, 5.74) is 2.08. The molecule has 116 valence electrons. The van der Waals surface area contributed by atoms with Crippen LogP contribution in [0.4, 0.5) is 5.69 Å². The highest BCUT2D eigenvalue weighted by Crippen LogP contribution is 2.27. The smallest absolute Gasteiger partial charge is 0.238 e. The number of hydrogen-bond acceptors (Lipinski definition) is 2. The molecule has 0 aliphatic rings. The highest BCUT2D eigenvalue weighted by molar-refractivity contribution is 5.92. The number of rotatable bonds is 6. The first-order chi connectivity index (χ1) is 10.6. The Balaban J connectivity index is 2.02. The zero-order chi connectivity index (χ0) is 15.9. The van der Waals surface area contributed by atoms with Crippen molar-refractivity contribution >= 4 is 11.6 Å². The topological polar surface area (TPSA) is 32.3 Å². The number of para-hydroxylation sites is 1. The first kappa shape index (κ1) is 16.2. The lowest BCUT2D eigenvalue weighted by Gasteiger charge is -2.31. The highest BCUT2D eigenvalue weighted by Gasteiger charge is 2.22. The van der Waals surface area contributed by atoms with Crippen molar-refractivity contribution in [1.82, 2.24) is 4.90 Å². The molecule has 0 aliphatic heterocycles. The normalized spacial score (nSPS) is 12.4. The molecule has 1 N–H and O–H groups in total. The molecule has 2 rings (SSSR count). The molecule has 0 saturated heterocycles. The van der Waals surface area contributed by atoms with E-state index in [0.717, 1.165) is 5.69 Å². The second-order valence-corrected chi connectivity index (χ2v) is 5.93. The first-order valence-corrected chi connectivity index (χ1v) is 7.68. The molecule has 0 saturated carbocycles. The molecule has 0 spiro atoms. The zero-order valence-corrected chi connectivity index (χ0v) is 13.5. The summed E-state index contributed by atoms with van der Waals surface area (Å²) in [4.78, 5) is 14.3. The summed E-state index contributed by atoms with van der Waals surface area (Å²) in [5.74, 6) is 0.437. The Bertz CT molecular complexity index is 581. The Labute approximate surface area is 133 Å². The van der Waals surface area contributed by atoms with Gasteiger partial charge in [0.15, 0.2) is 0 Å². The summed E-state index contributed by atoms with van der Waals surface area (Å²) in [6, 6.07) is 20.1. The molecule has 0 aliphatic carbocycles. The fourth-order valence-corrected chi connectivity index (χ4v) is 2.85. The Morgan fingerprint density at radius 2 is 1.55 bits per heavy atom. The monoisotopic (exact) mass is 296 g/mol. The lowest BCUT2D eigenvalue weighted by Crippen LogP contribution is -2.35. The zero-order valence-electron chi connectivity index (χ0n) is 13.5. The van der Waals surface area contributed by atoms with Crippen molar-refractivity contribution in [2.45, 2.75) is 19.9 Å². The van der Waals surface area contributed by atoms with Crippen LogP contribution < -0.4 is 5.32 Å². The third-order valence-electron chi connectivity index (χ3n) is 3.70. The van der Waals surface area contributed by atoms with Crippen molar-refractivity contribution in [2.24, 2.45) is 5.92 Å². The maximum absolute atomic E-state index is 12.2. The fourth-order valence-electron chi connectivity index (χ4n) is 2.85. The van der Waals surface area contributed by atoms with E-state index in [1.807, 2.05) is 55.6 Å². The maximum atomic E-state index is 12.2. The summed E-state index contributed by atoms with van der Waals surface area (Å²) in [6.45, 7) is 4.74. The lowest BCUT2D eigenvalue weighted by atomic mass is 9.95. The summed E-state index contributed by atoms with van der Waals surface area (Å²) >= 11 is 0. The highest BCUT2D eigenvalue weighted by atomic mass is 16.2. The summed E-state index contributed by atoms with van der Waals surface area (Å²) in [6.07, 6.45) is 0. The predicted octanol–water partition coefficient (Wildman–Crippen LogP) is 3.95. The van der Waals surface area contributed by atoms with Gasteiger partial charge >= 0.3 is 0 Å². The number of nitrogens with one attached hydrogen (secondary N) is 1. The van der Waals surface area contributed by atoms with Crippen molar-refractivity contribution < 1.29 is 4.79 Å². The molecule has 3 nitrogen and oxygen atoms in total. The summed E-state index contributed by atoms with van der Waals surface area (Å²) in [7, 11) is 2.00. The molecule has 0 fully saturated rings. The van der Waals surface area contributed by atoms with E-state index in [2.05, 4.69) is 36.2 Å². The number of benzene rings is 2. The third-order valence-corrected chi connectivity index (χ3v) is 3.70. The molecule has 0 aromatic heterocycles. The average molecular weight is 296 g/mol. The molecule has 0 heterocycles. The van der Waals surface area contributed by atoms with Crippen molar-refractivity contribution in [2.75, 3.05) is 18.9 Å². The van der Waals surface area contributed by atoms with Crippen LogP contribution in [0.3, 0.4) is 0 Å². The van der Waals surface area contributed by atoms with E-state index in [9.17, 15) is 4.79 Å². The SMILES string of the molecule is CC(C)[C@H](c1ccccc1)N(C)CC(=O)Nc1ccccc1. The largest absolute Gasteiger partial charge is 0.325 e. The van der Waals surface area contributed by atoms with Crippen LogP contribution in [0.15, 0.2) is 60.7 Å². The number of amides is 1. The van der Waals surface area contributed by atoms with Gasteiger partial charge in [0.2, 0.25) is 5.91 Å². The van der Waals surface area contributed by atoms with Crippen molar-refractivity contribution in [3.63, 3.8) is 0 Å². The second-order valence-electron chi connectivity index (χ2n) is 5.93. The minimum atomic E-state index is 0.00952. The van der Waals surface area contributed by atoms with Gasteiger partial charge in [-0.2, -0.15) is 0 Å². The number of carbonyl (C=O) groups excluding carboxylic acids is 1. The molecule has 2 aromatic rings. The standard InChI is InChI=1S/C19H24N2O/c1-15(2)19(16-10-6-4-7-11-16)21(3)14-18(22)20-17-12-8-5-9-13-17/h4-13,15,19H,14H2,1-3H3,(H,20,22)/t19-/m1/s1. The molecular formula is C19H24N2O. The molecule has 1 atom stereocenters. The van der Waals surface area contributed by atoms with Crippen LogP contribution in [0.1, 0.15) is 25.5 Å². The van der Waals surface area contributed by atoms with E-state index in [1.54, 1.807) is 0 Å². The van der Waals surface area contributed by atoms with Gasteiger partial charge in [0.25, 0.3) is 0 Å². The van der Waals surface area contributed by atoms with E-state index in [-0.39, 0.29) is 11.9 Å². The number of nitrogens with zero attached hydrogens (tertiary/aromatic N) is 1. The Morgan fingerprint density at radius 3 is 2.09 bits per heavy atom. The second kappa shape index (κ2) is 7.76. The molecule has 2 aromatic carbocycles. The van der Waals surface area contributed by atoms with Crippen molar-refractivity contribution in [3.05, 3.63) is 66.2 Å². The summed E-state index contributed by atoms with van der Waals surface area (Å²) < 4.78 is 0. The van der Waals surface area contributed by atoms with Gasteiger partial charge < -0.3 is 5.32 Å². The Morgan fingerprint density at radius 1 is 1.00 bits per heavy atom. The minimum absolute atomic E-state index is 0.00952. The molecule has 3 heteroatoms. The number of carbonyl (C=O) groups is 1. The van der Waals surface area contributed by atoms with Gasteiger partial charge in [0.1, 0.15) is 0 Å². The fraction of sp³-hybridized carbons (Fsp3) is 0.316.